The first kappa shape index (κ1) is 17.0. The molecule has 1 unspecified atom stereocenters. The van der Waals surface area contributed by atoms with E-state index in [1.807, 2.05) is 30.3 Å². The molecule has 3 amide bonds. The lowest BCUT2D eigenvalue weighted by Gasteiger charge is -2.16. The second-order valence-electron chi connectivity index (χ2n) is 5.69. The third-order valence-electron chi connectivity index (χ3n) is 3.95. The van der Waals surface area contributed by atoms with Gasteiger partial charge in [-0.1, -0.05) is 35.9 Å². The topological polar surface area (TPSA) is 78.5 Å². The van der Waals surface area contributed by atoms with Gasteiger partial charge in [0, 0.05) is 29.2 Å². The molecule has 1 heterocycles. The Balaban J connectivity index is 1.57. The summed E-state index contributed by atoms with van der Waals surface area (Å²) in [6.07, 6.45) is 0.105. The van der Waals surface area contributed by atoms with Crippen molar-refractivity contribution in [2.75, 3.05) is 11.4 Å². The van der Waals surface area contributed by atoms with Gasteiger partial charge in [0.15, 0.2) is 0 Å². The molecule has 0 radical (unpaired) electrons. The number of halogens is 1. The molecule has 1 atom stereocenters. The standard InChI is InChI=1S/C18H16ClN3O3/c19-14-6-4-5-12(9-14)17(24)20-21-18(25)13-10-16(23)22(11-13)15-7-2-1-3-8-15/h1-9,13H,10-11H2,(H,20,24)(H,21,25). The molecule has 1 saturated heterocycles. The lowest BCUT2D eigenvalue weighted by atomic mass is 10.1. The molecule has 1 aliphatic rings. The number of benzene rings is 2. The van der Waals surface area contributed by atoms with E-state index < -0.39 is 17.7 Å². The van der Waals surface area contributed by atoms with E-state index in [4.69, 9.17) is 11.6 Å². The largest absolute Gasteiger partial charge is 0.312 e. The summed E-state index contributed by atoms with van der Waals surface area (Å²) in [5.74, 6) is -1.51. The van der Waals surface area contributed by atoms with Gasteiger partial charge in [0.2, 0.25) is 11.8 Å². The highest BCUT2D eigenvalue weighted by molar-refractivity contribution is 6.30. The Hall–Kier alpha value is -2.86. The first-order valence-electron chi connectivity index (χ1n) is 7.76. The van der Waals surface area contributed by atoms with Crippen molar-refractivity contribution in [2.45, 2.75) is 6.42 Å². The number of para-hydroxylation sites is 1. The van der Waals surface area contributed by atoms with E-state index in [2.05, 4.69) is 10.9 Å². The van der Waals surface area contributed by atoms with E-state index in [-0.39, 0.29) is 18.9 Å². The van der Waals surface area contributed by atoms with Crippen molar-refractivity contribution >= 4 is 35.0 Å². The van der Waals surface area contributed by atoms with Gasteiger partial charge in [0.05, 0.1) is 5.92 Å². The second kappa shape index (κ2) is 7.36. The molecule has 3 rings (SSSR count). The average Bonchev–Trinajstić information content (AvgIpc) is 3.02. The monoisotopic (exact) mass is 357 g/mol. The zero-order valence-electron chi connectivity index (χ0n) is 13.2. The predicted molar refractivity (Wildman–Crippen MR) is 94.0 cm³/mol. The first-order valence-corrected chi connectivity index (χ1v) is 8.13. The van der Waals surface area contributed by atoms with Crippen LogP contribution in [0.3, 0.4) is 0 Å². The van der Waals surface area contributed by atoms with Crippen molar-refractivity contribution in [1.29, 1.82) is 0 Å². The third-order valence-corrected chi connectivity index (χ3v) is 4.18. The molecule has 0 aliphatic carbocycles. The number of hydrazine groups is 1. The fraction of sp³-hybridized carbons (Fsp3) is 0.167. The Morgan fingerprint density at radius 1 is 1.04 bits per heavy atom. The maximum atomic E-state index is 12.2. The van der Waals surface area contributed by atoms with E-state index >= 15 is 0 Å². The third kappa shape index (κ3) is 3.97. The minimum Gasteiger partial charge on any atom is -0.312 e. The highest BCUT2D eigenvalue weighted by Gasteiger charge is 2.35. The fourth-order valence-electron chi connectivity index (χ4n) is 2.66. The number of anilines is 1. The molecule has 6 nitrogen and oxygen atoms in total. The summed E-state index contributed by atoms with van der Waals surface area (Å²) in [5, 5.41) is 0.430. The van der Waals surface area contributed by atoms with Crippen molar-refractivity contribution in [1.82, 2.24) is 10.9 Å². The summed E-state index contributed by atoms with van der Waals surface area (Å²) >= 11 is 5.84. The van der Waals surface area contributed by atoms with Gasteiger partial charge in [-0.05, 0) is 30.3 Å². The van der Waals surface area contributed by atoms with Gasteiger partial charge < -0.3 is 4.90 Å². The minimum absolute atomic E-state index is 0.105. The lowest BCUT2D eigenvalue weighted by molar-refractivity contribution is -0.126. The Morgan fingerprint density at radius 2 is 1.80 bits per heavy atom. The summed E-state index contributed by atoms with van der Waals surface area (Å²) < 4.78 is 0. The molecule has 7 heteroatoms. The fourth-order valence-corrected chi connectivity index (χ4v) is 2.85. The molecule has 2 N–H and O–H groups in total. The van der Waals surface area contributed by atoms with Gasteiger partial charge in [-0.15, -0.1) is 0 Å². The van der Waals surface area contributed by atoms with Crippen LogP contribution in [0.5, 0.6) is 0 Å². The van der Waals surface area contributed by atoms with Crippen LogP contribution in [0.2, 0.25) is 5.02 Å². The van der Waals surface area contributed by atoms with Crippen LogP contribution in [-0.4, -0.2) is 24.3 Å². The summed E-state index contributed by atoms with van der Waals surface area (Å²) in [4.78, 5) is 37.9. The summed E-state index contributed by atoms with van der Waals surface area (Å²) in [6.45, 7) is 0.279. The zero-order chi connectivity index (χ0) is 17.8. The minimum atomic E-state index is -0.521. The number of amides is 3. The quantitative estimate of drug-likeness (QED) is 0.826. The number of rotatable bonds is 3. The molecule has 25 heavy (non-hydrogen) atoms. The number of nitrogens with one attached hydrogen (secondary N) is 2. The number of nitrogens with zero attached hydrogens (tertiary/aromatic N) is 1. The van der Waals surface area contributed by atoms with Gasteiger partial charge >= 0.3 is 0 Å². The highest BCUT2D eigenvalue weighted by Crippen LogP contribution is 2.24. The Labute approximate surface area is 149 Å². The molecular formula is C18H16ClN3O3. The Morgan fingerprint density at radius 3 is 2.52 bits per heavy atom. The zero-order valence-corrected chi connectivity index (χ0v) is 14.0. The van der Waals surface area contributed by atoms with E-state index in [0.717, 1.165) is 5.69 Å². The van der Waals surface area contributed by atoms with Crippen LogP contribution in [0, 0.1) is 5.92 Å². The van der Waals surface area contributed by atoms with E-state index in [1.165, 1.54) is 6.07 Å². The number of hydrogen-bond donors (Lipinski definition) is 2. The van der Waals surface area contributed by atoms with Crippen LogP contribution in [-0.2, 0) is 9.59 Å². The van der Waals surface area contributed by atoms with E-state index in [9.17, 15) is 14.4 Å². The Bertz CT molecular complexity index is 810. The van der Waals surface area contributed by atoms with Crippen molar-refractivity contribution in [3.63, 3.8) is 0 Å². The predicted octanol–water partition coefficient (Wildman–Crippen LogP) is 2.15. The molecule has 1 aliphatic heterocycles. The maximum Gasteiger partial charge on any atom is 0.269 e. The molecule has 0 bridgehead atoms. The molecule has 128 valence electrons. The van der Waals surface area contributed by atoms with Crippen molar-refractivity contribution in [3.05, 3.63) is 65.2 Å². The number of carbonyl (C=O) groups excluding carboxylic acids is 3. The van der Waals surface area contributed by atoms with Gasteiger partial charge in [0.25, 0.3) is 5.91 Å². The number of hydrogen-bond acceptors (Lipinski definition) is 3. The molecule has 0 saturated carbocycles. The number of carbonyl (C=O) groups is 3. The van der Waals surface area contributed by atoms with Crippen molar-refractivity contribution in [3.8, 4) is 0 Å². The van der Waals surface area contributed by atoms with Crippen molar-refractivity contribution < 1.29 is 14.4 Å². The Kier molecular flexibility index (Phi) is 5.00. The molecule has 2 aromatic rings. The summed E-state index contributed by atoms with van der Waals surface area (Å²) in [6, 6.07) is 15.6. The van der Waals surface area contributed by atoms with Gasteiger partial charge in [-0.2, -0.15) is 0 Å². The van der Waals surface area contributed by atoms with Gasteiger partial charge in [-0.25, -0.2) is 0 Å². The SMILES string of the molecule is O=C(NNC(=O)C1CC(=O)N(c2ccccc2)C1)c1cccc(Cl)c1. The second-order valence-corrected chi connectivity index (χ2v) is 6.13. The molecular weight excluding hydrogens is 342 g/mol. The van der Waals surface area contributed by atoms with Crippen LogP contribution in [0.1, 0.15) is 16.8 Å². The lowest BCUT2D eigenvalue weighted by Crippen LogP contribution is -2.45. The maximum absolute atomic E-state index is 12.2. The summed E-state index contributed by atoms with van der Waals surface area (Å²) in [5.41, 5.74) is 5.81. The van der Waals surface area contributed by atoms with Crippen LogP contribution < -0.4 is 15.8 Å². The van der Waals surface area contributed by atoms with Gasteiger partial charge in [-0.3, -0.25) is 25.2 Å². The van der Waals surface area contributed by atoms with Gasteiger partial charge in [0.1, 0.15) is 0 Å². The average molecular weight is 358 g/mol. The molecule has 2 aromatic carbocycles. The molecule has 0 aromatic heterocycles. The van der Waals surface area contributed by atoms with E-state index in [0.29, 0.717) is 10.6 Å². The molecule has 0 spiro atoms. The smallest absolute Gasteiger partial charge is 0.269 e. The van der Waals surface area contributed by atoms with Crippen LogP contribution in [0.15, 0.2) is 54.6 Å². The van der Waals surface area contributed by atoms with Crippen LogP contribution in [0.4, 0.5) is 5.69 Å². The normalized spacial score (nSPS) is 16.6. The molecule has 1 fully saturated rings. The van der Waals surface area contributed by atoms with Crippen LogP contribution >= 0.6 is 11.6 Å². The highest BCUT2D eigenvalue weighted by atomic mass is 35.5. The first-order chi connectivity index (χ1) is 12.0. The summed E-state index contributed by atoms with van der Waals surface area (Å²) in [7, 11) is 0. The van der Waals surface area contributed by atoms with Crippen molar-refractivity contribution in [2.24, 2.45) is 5.92 Å². The van der Waals surface area contributed by atoms with Crippen LogP contribution in [0.25, 0.3) is 0 Å². The van der Waals surface area contributed by atoms with E-state index in [1.54, 1.807) is 23.1 Å².